The number of hydrogen-bond donors (Lipinski definition) is 1. The van der Waals surface area contributed by atoms with Gasteiger partial charge in [0.05, 0.1) is 19.6 Å². The summed E-state index contributed by atoms with van der Waals surface area (Å²) < 4.78 is 11.0. The van der Waals surface area contributed by atoms with Gasteiger partial charge in [-0.15, -0.1) is 0 Å². The Kier molecular flexibility index (Phi) is 10.6. The van der Waals surface area contributed by atoms with Gasteiger partial charge in [-0.25, -0.2) is 14.6 Å². The standard InChI is InChI=1S/C36H42ClN5O6/c1-36(2,3)48-35(46)41(21-23-8-14-28(47-5)15-9-23)30-20-24(16-17-39-30)19-29-31(32(43)38-4)42(33(29)44)34(45)40-18-6-7-26(22-40)25-10-12-27(37)13-11-25/h8-17,20,26,29,31H,6-7,18-19,21-22H2,1-5H3,(H,38,43)/t26?,29-,31+/m1/s1. The van der Waals surface area contributed by atoms with Crippen molar-refractivity contribution in [2.45, 2.75) is 64.1 Å². The summed E-state index contributed by atoms with van der Waals surface area (Å²) in [5, 5.41) is 3.27. The molecule has 0 radical (unpaired) electrons. The number of carbonyl (C=O) groups excluding carboxylic acids is 4. The number of hydrogen-bond acceptors (Lipinski definition) is 7. The van der Waals surface area contributed by atoms with Crippen molar-refractivity contribution in [3.05, 3.63) is 88.6 Å². The highest BCUT2D eigenvalue weighted by Crippen LogP contribution is 2.35. The van der Waals surface area contributed by atoms with Crippen LogP contribution in [0.3, 0.4) is 0 Å². The van der Waals surface area contributed by atoms with Crippen LogP contribution in [0.4, 0.5) is 15.4 Å². The molecule has 1 unspecified atom stereocenters. The van der Waals surface area contributed by atoms with E-state index in [1.807, 2.05) is 48.5 Å². The van der Waals surface area contributed by atoms with E-state index in [0.29, 0.717) is 35.2 Å². The van der Waals surface area contributed by atoms with E-state index in [1.165, 1.54) is 11.9 Å². The normalized spacial score (nSPS) is 19.3. The molecule has 3 heterocycles. The van der Waals surface area contributed by atoms with E-state index in [-0.39, 0.29) is 18.9 Å². The van der Waals surface area contributed by atoms with Crippen molar-refractivity contribution >= 4 is 41.4 Å². The number of methoxy groups -OCH3 is 1. The fourth-order valence-corrected chi connectivity index (χ4v) is 6.30. The van der Waals surface area contributed by atoms with E-state index in [2.05, 4.69) is 10.3 Å². The Morgan fingerprint density at radius 2 is 1.75 bits per heavy atom. The summed E-state index contributed by atoms with van der Waals surface area (Å²) in [7, 11) is 3.07. The third-order valence-electron chi connectivity index (χ3n) is 8.62. The van der Waals surface area contributed by atoms with Crippen LogP contribution in [0.2, 0.25) is 5.02 Å². The Labute approximate surface area is 286 Å². The quantitative estimate of drug-likeness (QED) is 0.300. The zero-order chi connectivity index (χ0) is 34.6. The van der Waals surface area contributed by atoms with Crippen molar-refractivity contribution < 1.29 is 28.7 Å². The molecule has 2 aliphatic heterocycles. The molecule has 3 atom stereocenters. The molecule has 5 amide bonds. The van der Waals surface area contributed by atoms with Gasteiger partial charge in [0, 0.05) is 37.3 Å². The summed E-state index contributed by atoms with van der Waals surface area (Å²) in [5.41, 5.74) is 1.84. The first kappa shape index (κ1) is 34.7. The molecule has 1 aromatic heterocycles. The summed E-state index contributed by atoms with van der Waals surface area (Å²) in [6.45, 7) is 6.48. The Hall–Kier alpha value is -4.64. The number of benzene rings is 2. The van der Waals surface area contributed by atoms with Crippen molar-refractivity contribution in [3.63, 3.8) is 0 Å². The number of urea groups is 1. The van der Waals surface area contributed by atoms with Gasteiger partial charge in [-0.3, -0.25) is 19.4 Å². The summed E-state index contributed by atoms with van der Waals surface area (Å²) in [4.78, 5) is 62.5. The number of imide groups is 1. The lowest BCUT2D eigenvalue weighted by molar-refractivity contribution is -0.158. The molecule has 0 bridgehead atoms. The molecule has 2 aromatic carbocycles. The number of pyridine rings is 1. The third-order valence-corrected chi connectivity index (χ3v) is 8.88. The minimum atomic E-state index is -0.969. The van der Waals surface area contributed by atoms with E-state index < -0.39 is 41.5 Å². The monoisotopic (exact) mass is 675 g/mol. The summed E-state index contributed by atoms with van der Waals surface area (Å²) in [6.07, 6.45) is 2.83. The average Bonchev–Trinajstić information content (AvgIpc) is 3.07. The zero-order valence-corrected chi connectivity index (χ0v) is 28.7. The van der Waals surface area contributed by atoms with Crippen LogP contribution in [0.25, 0.3) is 0 Å². The smallest absolute Gasteiger partial charge is 0.416 e. The predicted molar refractivity (Wildman–Crippen MR) is 182 cm³/mol. The maximum Gasteiger partial charge on any atom is 0.416 e. The highest BCUT2D eigenvalue weighted by Gasteiger charge is 2.55. The number of halogens is 1. The topological polar surface area (TPSA) is 121 Å². The van der Waals surface area contributed by atoms with Gasteiger partial charge >= 0.3 is 12.1 Å². The minimum absolute atomic E-state index is 0.103. The van der Waals surface area contributed by atoms with Gasteiger partial charge in [0.15, 0.2) is 0 Å². The molecular weight excluding hydrogens is 634 g/mol. The zero-order valence-electron chi connectivity index (χ0n) is 27.9. The van der Waals surface area contributed by atoms with Gasteiger partial charge in [0.25, 0.3) is 0 Å². The van der Waals surface area contributed by atoms with Gasteiger partial charge in [-0.05, 0) is 93.1 Å². The number of anilines is 1. The van der Waals surface area contributed by atoms with E-state index >= 15 is 0 Å². The van der Waals surface area contributed by atoms with Crippen LogP contribution in [0, 0.1) is 5.92 Å². The van der Waals surface area contributed by atoms with E-state index in [1.54, 1.807) is 51.1 Å². The molecule has 0 spiro atoms. The maximum absolute atomic E-state index is 13.8. The van der Waals surface area contributed by atoms with Crippen molar-refractivity contribution in [2.24, 2.45) is 5.92 Å². The third kappa shape index (κ3) is 7.90. The van der Waals surface area contributed by atoms with Crippen LogP contribution in [-0.4, -0.2) is 77.6 Å². The Morgan fingerprint density at radius 3 is 2.40 bits per heavy atom. The Bertz CT molecular complexity index is 1640. The van der Waals surface area contributed by atoms with Crippen LogP contribution in [-0.2, 0) is 27.3 Å². The van der Waals surface area contributed by atoms with Crippen molar-refractivity contribution in [3.8, 4) is 5.75 Å². The van der Waals surface area contributed by atoms with Gasteiger partial charge in [-0.1, -0.05) is 35.9 Å². The summed E-state index contributed by atoms with van der Waals surface area (Å²) in [5.74, 6) is -0.474. The van der Waals surface area contributed by atoms with Gasteiger partial charge in [0.2, 0.25) is 11.8 Å². The average molecular weight is 676 g/mol. The Balaban J connectivity index is 1.34. The second-order valence-electron chi connectivity index (χ2n) is 13.1. The molecule has 2 fully saturated rings. The maximum atomic E-state index is 13.8. The number of nitrogens with zero attached hydrogens (tertiary/aromatic N) is 4. The van der Waals surface area contributed by atoms with Crippen LogP contribution in [0.15, 0.2) is 66.9 Å². The summed E-state index contributed by atoms with van der Waals surface area (Å²) in [6, 6.07) is 16.9. The fourth-order valence-electron chi connectivity index (χ4n) is 6.18. The first-order valence-electron chi connectivity index (χ1n) is 16.1. The first-order valence-corrected chi connectivity index (χ1v) is 16.4. The summed E-state index contributed by atoms with van der Waals surface area (Å²) >= 11 is 6.07. The van der Waals surface area contributed by atoms with E-state index in [0.717, 1.165) is 28.9 Å². The SMILES string of the molecule is CNC(=O)[C@@H]1[C@@H](Cc2ccnc(N(Cc3ccc(OC)cc3)C(=O)OC(C)(C)C)c2)C(=O)N1C(=O)N1CCCC(c2ccc(Cl)cc2)C1. The number of piperidine rings is 1. The van der Waals surface area contributed by atoms with Crippen LogP contribution < -0.4 is 15.0 Å². The van der Waals surface area contributed by atoms with Crippen LogP contribution >= 0.6 is 11.6 Å². The lowest BCUT2D eigenvalue weighted by Gasteiger charge is -2.47. The lowest BCUT2D eigenvalue weighted by atomic mass is 9.82. The van der Waals surface area contributed by atoms with Crippen LogP contribution in [0.1, 0.15) is 56.2 Å². The number of nitrogens with one attached hydrogen (secondary N) is 1. The number of amides is 5. The van der Waals surface area contributed by atoms with Crippen LogP contribution in [0.5, 0.6) is 5.75 Å². The minimum Gasteiger partial charge on any atom is -0.497 e. The molecular formula is C36H42ClN5O6. The second kappa shape index (κ2) is 14.6. The number of likely N-dealkylation sites (N-methyl/N-ethyl adjacent to an activating group) is 1. The fraction of sp³-hybridized carbons (Fsp3) is 0.417. The highest BCUT2D eigenvalue weighted by atomic mass is 35.5. The molecule has 2 saturated heterocycles. The molecule has 0 aliphatic carbocycles. The molecule has 12 heteroatoms. The number of β-lactam (4-membered cyclic amide) rings is 1. The molecule has 11 nitrogen and oxygen atoms in total. The van der Waals surface area contributed by atoms with Gasteiger partial charge in [-0.2, -0.15) is 0 Å². The molecule has 0 saturated carbocycles. The second-order valence-corrected chi connectivity index (χ2v) is 13.6. The number of ether oxygens (including phenoxy) is 2. The highest BCUT2D eigenvalue weighted by molar-refractivity contribution is 6.30. The molecule has 5 rings (SSSR count). The molecule has 1 N–H and O–H groups in total. The molecule has 254 valence electrons. The van der Waals surface area contributed by atoms with Crippen molar-refractivity contribution in [1.29, 1.82) is 0 Å². The largest absolute Gasteiger partial charge is 0.497 e. The number of rotatable bonds is 8. The first-order chi connectivity index (χ1) is 22.9. The van der Waals surface area contributed by atoms with Crippen molar-refractivity contribution in [2.75, 3.05) is 32.1 Å². The van der Waals surface area contributed by atoms with E-state index in [4.69, 9.17) is 21.1 Å². The predicted octanol–water partition coefficient (Wildman–Crippen LogP) is 5.80. The van der Waals surface area contributed by atoms with Gasteiger partial charge < -0.3 is 19.7 Å². The Morgan fingerprint density at radius 1 is 1.04 bits per heavy atom. The molecule has 48 heavy (non-hydrogen) atoms. The number of carbonyl (C=O) groups is 4. The number of likely N-dealkylation sites (tertiary alicyclic amines) is 2. The number of aromatic nitrogens is 1. The molecule has 3 aromatic rings. The van der Waals surface area contributed by atoms with Crippen molar-refractivity contribution in [1.82, 2.24) is 20.1 Å². The van der Waals surface area contributed by atoms with Gasteiger partial charge in [0.1, 0.15) is 23.2 Å². The lowest BCUT2D eigenvalue weighted by Crippen LogP contribution is -2.70. The molecule has 2 aliphatic rings. The van der Waals surface area contributed by atoms with E-state index in [9.17, 15) is 19.2 Å².